The zero-order chi connectivity index (χ0) is 24.8. The van der Waals surface area contributed by atoms with E-state index in [9.17, 15) is 9.18 Å². The van der Waals surface area contributed by atoms with Crippen molar-refractivity contribution < 1.29 is 4.39 Å². The summed E-state index contributed by atoms with van der Waals surface area (Å²) >= 11 is 0. The molecule has 0 spiro atoms. The minimum Gasteiger partial charge on any atom is -0.342 e. The van der Waals surface area contributed by atoms with Gasteiger partial charge in [0.25, 0.3) is 5.56 Å². The fraction of sp³-hybridized carbons (Fsp3) is 0.407. The summed E-state index contributed by atoms with van der Waals surface area (Å²) in [5, 5.41) is 4.71. The Labute approximate surface area is 205 Å². The zero-order valence-electron chi connectivity index (χ0n) is 20.7. The molecule has 0 aliphatic carbocycles. The van der Waals surface area contributed by atoms with Crippen molar-refractivity contribution in [2.24, 2.45) is 7.05 Å². The molecule has 0 saturated carbocycles. The van der Waals surface area contributed by atoms with Gasteiger partial charge in [0.15, 0.2) is 5.82 Å². The SMILES string of the molecule is CC/C=C\C/C=C\Cn1nc(C)cc1C1CCN(c2nc(-c3ccncc3F)cc(=O)n2C)CC1. The van der Waals surface area contributed by atoms with Gasteiger partial charge in [0.2, 0.25) is 5.95 Å². The van der Waals surface area contributed by atoms with Crippen molar-refractivity contribution in [3.8, 4) is 11.3 Å². The number of rotatable bonds is 8. The summed E-state index contributed by atoms with van der Waals surface area (Å²) in [6.07, 6.45) is 15.2. The number of anilines is 1. The topological polar surface area (TPSA) is 68.8 Å². The molecule has 1 saturated heterocycles. The number of nitrogens with zero attached hydrogens (tertiary/aromatic N) is 6. The minimum absolute atomic E-state index is 0.211. The van der Waals surface area contributed by atoms with Crippen LogP contribution in [0.2, 0.25) is 0 Å². The Kier molecular flexibility index (Phi) is 7.90. The van der Waals surface area contributed by atoms with Crippen molar-refractivity contribution in [1.82, 2.24) is 24.3 Å². The first-order valence-electron chi connectivity index (χ1n) is 12.2. The summed E-state index contributed by atoms with van der Waals surface area (Å²) in [5.41, 5.74) is 2.69. The maximum atomic E-state index is 14.3. The summed E-state index contributed by atoms with van der Waals surface area (Å²) in [7, 11) is 1.71. The molecular weight excluding hydrogens is 443 g/mol. The Morgan fingerprint density at radius 1 is 1.14 bits per heavy atom. The van der Waals surface area contributed by atoms with Gasteiger partial charge in [-0.2, -0.15) is 5.10 Å². The Hall–Kier alpha value is -3.55. The minimum atomic E-state index is -0.489. The van der Waals surface area contributed by atoms with Gasteiger partial charge in [0.1, 0.15) is 0 Å². The fourth-order valence-corrected chi connectivity index (χ4v) is 4.56. The van der Waals surface area contributed by atoms with Gasteiger partial charge in [0, 0.05) is 49.6 Å². The summed E-state index contributed by atoms with van der Waals surface area (Å²) in [5.74, 6) is 0.464. The maximum Gasteiger partial charge on any atom is 0.255 e. The molecule has 7 nitrogen and oxygen atoms in total. The van der Waals surface area contributed by atoms with Gasteiger partial charge in [0.05, 0.1) is 24.1 Å². The molecule has 3 aromatic heterocycles. The number of aromatic nitrogens is 5. The second-order valence-electron chi connectivity index (χ2n) is 8.93. The largest absolute Gasteiger partial charge is 0.342 e. The van der Waals surface area contributed by atoms with Gasteiger partial charge in [-0.25, -0.2) is 9.37 Å². The lowest BCUT2D eigenvalue weighted by Crippen LogP contribution is -2.38. The molecule has 0 unspecified atom stereocenters. The molecule has 35 heavy (non-hydrogen) atoms. The maximum absolute atomic E-state index is 14.3. The molecule has 0 radical (unpaired) electrons. The van der Waals surface area contributed by atoms with Gasteiger partial charge >= 0.3 is 0 Å². The van der Waals surface area contributed by atoms with Crippen LogP contribution in [0.5, 0.6) is 0 Å². The first-order valence-corrected chi connectivity index (χ1v) is 12.2. The van der Waals surface area contributed by atoms with Crippen LogP contribution in [0.25, 0.3) is 11.3 Å². The summed E-state index contributed by atoms with van der Waals surface area (Å²) in [6, 6.07) is 5.11. The number of pyridine rings is 1. The van der Waals surface area contributed by atoms with Crippen LogP contribution in [0.1, 0.15) is 49.9 Å². The predicted molar refractivity (Wildman–Crippen MR) is 137 cm³/mol. The third-order valence-corrected chi connectivity index (χ3v) is 6.41. The highest BCUT2D eigenvalue weighted by atomic mass is 19.1. The summed E-state index contributed by atoms with van der Waals surface area (Å²) in [6.45, 7) is 6.45. The van der Waals surface area contributed by atoms with Crippen molar-refractivity contribution in [1.29, 1.82) is 0 Å². The first-order chi connectivity index (χ1) is 17.0. The number of hydrogen-bond donors (Lipinski definition) is 0. The zero-order valence-corrected chi connectivity index (χ0v) is 20.7. The molecule has 0 amide bonds. The van der Waals surface area contributed by atoms with E-state index in [1.54, 1.807) is 13.1 Å². The van der Waals surface area contributed by atoms with Crippen LogP contribution < -0.4 is 10.5 Å². The van der Waals surface area contributed by atoms with Crippen LogP contribution in [0.3, 0.4) is 0 Å². The molecule has 1 aliphatic rings. The highest BCUT2D eigenvalue weighted by molar-refractivity contribution is 5.60. The van der Waals surface area contributed by atoms with E-state index >= 15 is 0 Å². The van der Waals surface area contributed by atoms with E-state index in [4.69, 9.17) is 5.10 Å². The van der Waals surface area contributed by atoms with Crippen LogP contribution in [-0.2, 0) is 13.6 Å². The van der Waals surface area contributed by atoms with Gasteiger partial charge in [-0.15, -0.1) is 0 Å². The molecule has 8 heteroatoms. The standard InChI is InChI=1S/C27H33FN6O/c1-4-5-6-7-8-9-14-34-25(17-20(2)31-34)21-11-15-33(16-12-21)27-30-24(18-26(35)32(27)3)22-10-13-29-19-23(22)28/h5-6,8-10,13,17-19,21H,4,7,11-12,14-16H2,1-3H3/b6-5-,9-8-. The van der Waals surface area contributed by atoms with E-state index in [1.807, 2.05) is 6.92 Å². The van der Waals surface area contributed by atoms with Crippen molar-refractivity contribution in [2.45, 2.75) is 52.0 Å². The van der Waals surface area contributed by atoms with Crippen molar-refractivity contribution in [3.05, 3.63) is 82.5 Å². The lowest BCUT2D eigenvalue weighted by molar-refractivity contribution is 0.463. The molecule has 0 bridgehead atoms. The molecule has 1 aliphatic heterocycles. The van der Waals surface area contributed by atoms with E-state index in [0.29, 0.717) is 17.6 Å². The predicted octanol–water partition coefficient (Wildman–Crippen LogP) is 4.78. The molecule has 4 rings (SSSR count). The number of allylic oxidation sites excluding steroid dienone is 4. The average Bonchev–Trinajstić information content (AvgIpc) is 3.23. The van der Waals surface area contributed by atoms with Crippen LogP contribution in [0.4, 0.5) is 10.3 Å². The Morgan fingerprint density at radius 3 is 2.66 bits per heavy atom. The number of hydrogen-bond acceptors (Lipinski definition) is 5. The molecule has 4 heterocycles. The smallest absolute Gasteiger partial charge is 0.255 e. The average molecular weight is 477 g/mol. The van der Waals surface area contributed by atoms with Crippen LogP contribution in [0.15, 0.2) is 59.7 Å². The van der Waals surface area contributed by atoms with E-state index in [1.165, 1.54) is 22.5 Å². The molecule has 0 atom stereocenters. The molecule has 0 N–H and O–H groups in total. The van der Waals surface area contributed by atoms with Gasteiger partial charge in [-0.3, -0.25) is 19.0 Å². The monoisotopic (exact) mass is 476 g/mol. The fourth-order valence-electron chi connectivity index (χ4n) is 4.56. The highest BCUT2D eigenvalue weighted by Crippen LogP contribution is 2.31. The van der Waals surface area contributed by atoms with E-state index < -0.39 is 5.82 Å². The second-order valence-corrected chi connectivity index (χ2v) is 8.93. The third kappa shape index (κ3) is 5.75. The Bertz CT molecular complexity index is 1270. The first kappa shape index (κ1) is 24.6. The normalized spacial score (nSPS) is 15.0. The van der Waals surface area contributed by atoms with Crippen molar-refractivity contribution in [3.63, 3.8) is 0 Å². The molecule has 3 aromatic rings. The number of aryl methyl sites for hydroxylation is 1. The van der Waals surface area contributed by atoms with Crippen LogP contribution in [0, 0.1) is 12.7 Å². The lowest BCUT2D eigenvalue weighted by Gasteiger charge is -2.33. The van der Waals surface area contributed by atoms with Crippen molar-refractivity contribution >= 4 is 5.95 Å². The Morgan fingerprint density at radius 2 is 1.91 bits per heavy atom. The highest BCUT2D eigenvalue weighted by Gasteiger charge is 2.26. The van der Waals surface area contributed by atoms with Crippen LogP contribution in [-0.4, -0.2) is 37.4 Å². The van der Waals surface area contributed by atoms with E-state index in [-0.39, 0.29) is 11.1 Å². The lowest BCUT2D eigenvalue weighted by atomic mass is 9.93. The van der Waals surface area contributed by atoms with Gasteiger partial charge in [-0.05, 0) is 44.7 Å². The number of halogens is 1. The molecule has 1 fully saturated rings. The summed E-state index contributed by atoms with van der Waals surface area (Å²) < 4.78 is 17.9. The van der Waals surface area contributed by atoms with E-state index in [2.05, 4.69) is 56.8 Å². The quantitative estimate of drug-likeness (QED) is 0.438. The van der Waals surface area contributed by atoms with Gasteiger partial charge < -0.3 is 4.90 Å². The van der Waals surface area contributed by atoms with Crippen LogP contribution >= 0.6 is 0 Å². The number of piperidine rings is 1. The Balaban J connectivity index is 1.48. The van der Waals surface area contributed by atoms with E-state index in [0.717, 1.165) is 57.2 Å². The third-order valence-electron chi connectivity index (χ3n) is 6.41. The second kappa shape index (κ2) is 11.3. The van der Waals surface area contributed by atoms with Gasteiger partial charge in [-0.1, -0.05) is 31.2 Å². The molecular formula is C27H33FN6O. The molecule has 184 valence electrons. The summed E-state index contributed by atoms with van der Waals surface area (Å²) in [4.78, 5) is 23.2. The van der Waals surface area contributed by atoms with Crippen molar-refractivity contribution in [2.75, 3.05) is 18.0 Å². The molecule has 0 aromatic carbocycles.